The number of hydrogen-bond acceptors (Lipinski definition) is 3. The summed E-state index contributed by atoms with van der Waals surface area (Å²) in [6.07, 6.45) is -5.98. The Kier molecular flexibility index (Phi) is 6.48. The average Bonchev–Trinajstić information content (AvgIpc) is 2.33. The molecule has 1 aromatic carbocycles. The quantitative estimate of drug-likeness (QED) is 0.814. The summed E-state index contributed by atoms with van der Waals surface area (Å²) in [6.45, 7) is 5.40. The van der Waals surface area contributed by atoms with Crippen molar-refractivity contribution in [2.45, 2.75) is 45.5 Å². The van der Waals surface area contributed by atoms with E-state index in [1.54, 1.807) is 0 Å². The van der Waals surface area contributed by atoms with Crippen molar-refractivity contribution in [1.82, 2.24) is 5.32 Å². The molecule has 0 radical (unpaired) electrons. The first kappa shape index (κ1) is 17.8. The van der Waals surface area contributed by atoms with Crippen molar-refractivity contribution in [1.29, 1.82) is 0 Å². The van der Waals surface area contributed by atoms with Gasteiger partial charge in [0.15, 0.2) is 0 Å². The average molecular weight is 305 g/mol. The molecule has 1 rings (SSSR count). The van der Waals surface area contributed by atoms with Gasteiger partial charge in [-0.25, -0.2) is 0 Å². The largest absolute Gasteiger partial charge is 0.491 e. The molecule has 1 aromatic rings. The third-order valence-corrected chi connectivity index (χ3v) is 3.00. The number of hydrogen-bond donors (Lipinski definition) is 2. The van der Waals surface area contributed by atoms with Crippen LogP contribution in [0.4, 0.5) is 13.2 Å². The summed E-state index contributed by atoms with van der Waals surface area (Å²) in [4.78, 5) is 0. The predicted octanol–water partition coefficient (Wildman–Crippen LogP) is 2.97. The normalized spacial score (nSPS) is 14.8. The van der Waals surface area contributed by atoms with E-state index < -0.39 is 24.7 Å². The Hall–Kier alpha value is -1.27. The standard InChI is InChI=1S/C15H22F3NO2/c1-10-4-5-14(11(2)6-10)21-9-13(20)8-19-12(3)7-15(16,17)18/h4-6,12-13,19-20H,7-9H2,1-3H3/t12-,13+/m1/s1. The summed E-state index contributed by atoms with van der Waals surface area (Å²) in [7, 11) is 0. The van der Waals surface area contributed by atoms with Gasteiger partial charge in [-0.2, -0.15) is 13.2 Å². The van der Waals surface area contributed by atoms with Crippen LogP contribution in [0.15, 0.2) is 18.2 Å². The van der Waals surface area contributed by atoms with Crippen LogP contribution in [0.3, 0.4) is 0 Å². The molecule has 0 saturated heterocycles. The number of alkyl halides is 3. The second-order valence-corrected chi connectivity index (χ2v) is 5.36. The highest BCUT2D eigenvalue weighted by Gasteiger charge is 2.29. The summed E-state index contributed by atoms with van der Waals surface area (Å²) in [5, 5.41) is 12.4. The lowest BCUT2D eigenvalue weighted by molar-refractivity contribution is -0.139. The van der Waals surface area contributed by atoms with Crippen molar-refractivity contribution in [3.05, 3.63) is 29.3 Å². The molecule has 21 heavy (non-hydrogen) atoms. The number of nitrogens with one attached hydrogen (secondary N) is 1. The summed E-state index contributed by atoms with van der Waals surface area (Å²) in [5.74, 6) is 0.669. The minimum Gasteiger partial charge on any atom is -0.491 e. The van der Waals surface area contributed by atoms with E-state index in [0.29, 0.717) is 5.75 Å². The van der Waals surface area contributed by atoms with Crippen LogP contribution in [-0.4, -0.2) is 36.6 Å². The van der Waals surface area contributed by atoms with E-state index >= 15 is 0 Å². The molecule has 0 aliphatic rings. The van der Waals surface area contributed by atoms with E-state index in [4.69, 9.17) is 4.74 Å². The molecule has 6 heteroatoms. The van der Waals surface area contributed by atoms with Gasteiger partial charge in [0.05, 0.1) is 6.42 Å². The van der Waals surface area contributed by atoms with E-state index in [9.17, 15) is 18.3 Å². The molecule has 3 nitrogen and oxygen atoms in total. The molecule has 0 spiro atoms. The third kappa shape index (κ3) is 7.34. The number of benzene rings is 1. The highest BCUT2D eigenvalue weighted by atomic mass is 19.4. The fourth-order valence-electron chi connectivity index (χ4n) is 1.96. The number of ether oxygens (including phenoxy) is 1. The summed E-state index contributed by atoms with van der Waals surface area (Å²) >= 11 is 0. The maximum Gasteiger partial charge on any atom is 0.390 e. The number of rotatable bonds is 7. The van der Waals surface area contributed by atoms with Crippen LogP contribution >= 0.6 is 0 Å². The summed E-state index contributed by atoms with van der Waals surface area (Å²) in [6, 6.07) is 4.95. The monoisotopic (exact) mass is 305 g/mol. The van der Waals surface area contributed by atoms with Gasteiger partial charge in [0.1, 0.15) is 18.5 Å². The Morgan fingerprint density at radius 2 is 1.95 bits per heavy atom. The Labute approximate surface area is 123 Å². The molecule has 2 atom stereocenters. The molecule has 0 aromatic heterocycles. The van der Waals surface area contributed by atoms with Gasteiger partial charge in [0.25, 0.3) is 0 Å². The lowest BCUT2D eigenvalue weighted by Crippen LogP contribution is -2.38. The Morgan fingerprint density at radius 1 is 1.29 bits per heavy atom. The predicted molar refractivity (Wildman–Crippen MR) is 75.6 cm³/mol. The number of aliphatic hydroxyl groups excluding tert-OH is 1. The lowest BCUT2D eigenvalue weighted by atomic mass is 10.1. The molecule has 0 bridgehead atoms. The van der Waals surface area contributed by atoms with Gasteiger partial charge < -0.3 is 15.2 Å². The van der Waals surface area contributed by atoms with Crippen molar-refractivity contribution < 1.29 is 23.0 Å². The van der Waals surface area contributed by atoms with Crippen molar-refractivity contribution in [2.75, 3.05) is 13.2 Å². The molecule has 0 aliphatic carbocycles. The highest BCUT2D eigenvalue weighted by Crippen LogP contribution is 2.21. The van der Waals surface area contributed by atoms with Crippen LogP contribution in [0.2, 0.25) is 0 Å². The molecule has 0 heterocycles. The molecule has 0 amide bonds. The van der Waals surface area contributed by atoms with Gasteiger partial charge in [0.2, 0.25) is 0 Å². The van der Waals surface area contributed by atoms with Crippen molar-refractivity contribution >= 4 is 0 Å². The zero-order chi connectivity index (χ0) is 16.0. The minimum atomic E-state index is -4.20. The van der Waals surface area contributed by atoms with Gasteiger partial charge in [-0.15, -0.1) is 0 Å². The minimum absolute atomic E-state index is 0.0373. The van der Waals surface area contributed by atoms with E-state index in [1.807, 2.05) is 32.0 Å². The zero-order valence-electron chi connectivity index (χ0n) is 12.5. The number of halogens is 3. The molecular formula is C15H22F3NO2. The number of aryl methyl sites for hydroxylation is 2. The molecule has 120 valence electrons. The maximum absolute atomic E-state index is 12.1. The third-order valence-electron chi connectivity index (χ3n) is 3.00. The fourth-order valence-corrected chi connectivity index (χ4v) is 1.96. The highest BCUT2D eigenvalue weighted by molar-refractivity contribution is 5.35. The van der Waals surface area contributed by atoms with Crippen LogP contribution in [0.25, 0.3) is 0 Å². The topological polar surface area (TPSA) is 41.5 Å². The SMILES string of the molecule is Cc1ccc(OC[C@@H](O)CN[C@H](C)CC(F)(F)F)c(C)c1. The summed E-state index contributed by atoms with van der Waals surface area (Å²) in [5.41, 5.74) is 2.07. The van der Waals surface area contributed by atoms with E-state index in [0.717, 1.165) is 11.1 Å². The van der Waals surface area contributed by atoms with E-state index in [2.05, 4.69) is 5.32 Å². The van der Waals surface area contributed by atoms with Crippen LogP contribution in [0.5, 0.6) is 5.75 Å². The van der Waals surface area contributed by atoms with Gasteiger partial charge in [0, 0.05) is 12.6 Å². The van der Waals surface area contributed by atoms with Gasteiger partial charge in [-0.05, 0) is 32.4 Å². The Balaban J connectivity index is 2.32. The van der Waals surface area contributed by atoms with Crippen molar-refractivity contribution in [3.63, 3.8) is 0 Å². The second-order valence-electron chi connectivity index (χ2n) is 5.36. The van der Waals surface area contributed by atoms with Crippen molar-refractivity contribution in [2.24, 2.45) is 0 Å². The molecule has 2 N–H and O–H groups in total. The Morgan fingerprint density at radius 3 is 2.52 bits per heavy atom. The van der Waals surface area contributed by atoms with E-state index in [1.165, 1.54) is 6.92 Å². The molecule has 0 unspecified atom stereocenters. The van der Waals surface area contributed by atoms with Crippen LogP contribution < -0.4 is 10.1 Å². The molecule has 0 fully saturated rings. The van der Waals surface area contributed by atoms with Crippen LogP contribution in [-0.2, 0) is 0 Å². The van der Waals surface area contributed by atoms with Crippen LogP contribution in [0.1, 0.15) is 24.5 Å². The van der Waals surface area contributed by atoms with Crippen LogP contribution in [0, 0.1) is 13.8 Å². The van der Waals surface area contributed by atoms with Gasteiger partial charge in [-0.3, -0.25) is 0 Å². The van der Waals surface area contributed by atoms with Crippen molar-refractivity contribution in [3.8, 4) is 5.75 Å². The number of aliphatic hydroxyl groups is 1. The van der Waals surface area contributed by atoms with Gasteiger partial charge in [-0.1, -0.05) is 17.7 Å². The molecular weight excluding hydrogens is 283 g/mol. The molecule has 0 saturated carbocycles. The zero-order valence-corrected chi connectivity index (χ0v) is 12.5. The Bertz CT molecular complexity index is 449. The fraction of sp³-hybridized carbons (Fsp3) is 0.600. The lowest BCUT2D eigenvalue weighted by Gasteiger charge is -2.19. The summed E-state index contributed by atoms with van der Waals surface area (Å²) < 4.78 is 41.9. The first-order valence-electron chi connectivity index (χ1n) is 6.85. The first-order valence-corrected chi connectivity index (χ1v) is 6.85. The van der Waals surface area contributed by atoms with Gasteiger partial charge >= 0.3 is 6.18 Å². The van der Waals surface area contributed by atoms with E-state index in [-0.39, 0.29) is 13.2 Å². The molecule has 0 aliphatic heterocycles. The first-order chi connectivity index (χ1) is 9.67. The smallest absolute Gasteiger partial charge is 0.390 e. The maximum atomic E-state index is 12.1. The second kappa shape index (κ2) is 7.66.